The van der Waals surface area contributed by atoms with E-state index in [9.17, 15) is 15.3 Å². The van der Waals surface area contributed by atoms with Crippen molar-refractivity contribution >= 4 is 0 Å². The van der Waals surface area contributed by atoms with Crippen LogP contribution < -0.4 is 0 Å². The second-order valence-corrected chi connectivity index (χ2v) is 15.5. The molecule has 0 spiro atoms. The number of allylic oxidation sites excluding steroid dienone is 4. The molecule has 0 heterocycles. The summed E-state index contributed by atoms with van der Waals surface area (Å²) in [5.41, 5.74) is 4.08. The number of rotatable bonds is 7. The van der Waals surface area contributed by atoms with Crippen LogP contribution in [-0.2, 0) is 0 Å². The van der Waals surface area contributed by atoms with Gasteiger partial charge in [-0.15, -0.1) is 0 Å². The van der Waals surface area contributed by atoms with Gasteiger partial charge in [-0.1, -0.05) is 55.9 Å². The van der Waals surface area contributed by atoms with E-state index in [4.69, 9.17) is 0 Å². The molecule has 216 valence electrons. The van der Waals surface area contributed by atoms with Gasteiger partial charge in [-0.25, -0.2) is 0 Å². The van der Waals surface area contributed by atoms with Gasteiger partial charge >= 0.3 is 0 Å². The zero-order valence-corrected chi connectivity index (χ0v) is 24.7. The van der Waals surface area contributed by atoms with E-state index in [-0.39, 0.29) is 6.10 Å². The average Bonchev–Trinajstić information content (AvgIpc) is 3.22. The van der Waals surface area contributed by atoms with Gasteiger partial charge in [0.25, 0.3) is 0 Å². The Morgan fingerprint density at radius 1 is 0.974 bits per heavy atom. The van der Waals surface area contributed by atoms with Crippen LogP contribution in [-0.4, -0.2) is 33.6 Å². The van der Waals surface area contributed by atoms with Crippen molar-refractivity contribution < 1.29 is 15.3 Å². The topological polar surface area (TPSA) is 60.7 Å². The monoisotopic (exact) mass is 534 g/mol. The van der Waals surface area contributed by atoms with Crippen LogP contribution in [0.5, 0.6) is 0 Å². The van der Waals surface area contributed by atoms with Crippen LogP contribution >= 0.6 is 0 Å². The third-order valence-electron chi connectivity index (χ3n) is 12.7. The summed E-state index contributed by atoms with van der Waals surface area (Å²) in [5, 5.41) is 31.5. The Morgan fingerprint density at radius 2 is 1.62 bits per heavy atom. The fourth-order valence-corrected chi connectivity index (χ4v) is 11.3. The number of hydrogen-bond donors (Lipinski definition) is 3. The Balaban J connectivity index is 1.05. The van der Waals surface area contributed by atoms with E-state index in [1.54, 1.807) is 5.57 Å². The number of aliphatic hydroxyl groups is 3. The van der Waals surface area contributed by atoms with Crippen molar-refractivity contribution in [1.82, 2.24) is 0 Å². The summed E-state index contributed by atoms with van der Waals surface area (Å²) in [6, 6.07) is 0. The lowest BCUT2D eigenvalue weighted by Crippen LogP contribution is -2.47. The molecule has 7 rings (SSSR count). The lowest BCUT2D eigenvalue weighted by Gasteiger charge is -2.57. The molecule has 0 aromatic carbocycles. The standard InChI is InChI=1S/C36H54O3/c1-23(6-4-8-30(37)22-36-19-26-14-27(20-36)16-28(15-26)21-36)31-11-12-32-29(7-5-13-35(31,32)3)10-9-25-17-33(38)24(2)34(39)18-25/h4,6,9-10,23,26-28,30-34,37-39H,2,5,7-8,11-22H2,1,3H3/b6-4+,29-10-/t23-,26?,27?,28?,30+,31-,32+,33-,34-,35-,36?/m1/s1. The van der Waals surface area contributed by atoms with Gasteiger partial charge in [0, 0.05) is 0 Å². The molecule has 39 heavy (non-hydrogen) atoms. The van der Waals surface area contributed by atoms with Crippen LogP contribution in [0.15, 0.2) is 47.6 Å². The van der Waals surface area contributed by atoms with Gasteiger partial charge in [0.15, 0.2) is 0 Å². The van der Waals surface area contributed by atoms with Crippen molar-refractivity contribution in [3.63, 3.8) is 0 Å². The normalized spacial score (nSPS) is 46.2. The molecular formula is C36H54O3. The fraction of sp³-hybridized carbons (Fsp3) is 0.778. The fourth-order valence-electron chi connectivity index (χ4n) is 11.3. The highest BCUT2D eigenvalue weighted by molar-refractivity contribution is 5.29. The van der Waals surface area contributed by atoms with Gasteiger partial charge < -0.3 is 15.3 Å². The van der Waals surface area contributed by atoms with Crippen LogP contribution in [0.4, 0.5) is 0 Å². The predicted molar refractivity (Wildman–Crippen MR) is 159 cm³/mol. The molecule has 7 aliphatic carbocycles. The van der Waals surface area contributed by atoms with E-state index in [0.717, 1.165) is 36.2 Å². The Labute approximate surface area is 237 Å². The second-order valence-electron chi connectivity index (χ2n) is 15.5. The van der Waals surface area contributed by atoms with E-state index in [0.29, 0.717) is 47.0 Å². The molecule has 0 aromatic rings. The average molecular weight is 535 g/mol. The SMILES string of the molecule is C=C1[C@H](O)CC(=C/C=C2/CCC[C@]3(C)[C@@H]([C@H](C)/C=C/C[C@H](O)CC45CC6CC(CC(C6)C4)C5)CC[C@@H]23)C[C@H]1O. The van der Waals surface area contributed by atoms with Crippen LogP contribution in [0.2, 0.25) is 0 Å². The van der Waals surface area contributed by atoms with Crippen LogP contribution in [0.3, 0.4) is 0 Å². The largest absolute Gasteiger partial charge is 0.393 e. The molecule has 7 aliphatic rings. The molecule has 4 bridgehead atoms. The smallest absolute Gasteiger partial charge is 0.0809 e. The highest BCUT2D eigenvalue weighted by Gasteiger charge is 2.52. The van der Waals surface area contributed by atoms with Gasteiger partial charge in [-0.05, 0) is 148 Å². The molecule has 7 fully saturated rings. The molecule has 0 aromatic heterocycles. The summed E-state index contributed by atoms with van der Waals surface area (Å²) >= 11 is 0. The summed E-state index contributed by atoms with van der Waals surface area (Å²) < 4.78 is 0. The molecule has 7 saturated carbocycles. The van der Waals surface area contributed by atoms with E-state index in [1.165, 1.54) is 70.6 Å². The van der Waals surface area contributed by atoms with Crippen LogP contribution in [0.1, 0.15) is 110 Å². The minimum absolute atomic E-state index is 0.178. The van der Waals surface area contributed by atoms with E-state index >= 15 is 0 Å². The first-order chi connectivity index (χ1) is 18.6. The molecule has 3 heteroatoms. The number of fused-ring (bicyclic) bond motifs is 1. The summed E-state index contributed by atoms with van der Waals surface area (Å²) in [6.45, 7) is 8.81. The molecule has 0 radical (unpaired) electrons. The van der Waals surface area contributed by atoms with Gasteiger partial charge in [0.1, 0.15) is 0 Å². The first kappa shape index (κ1) is 28.0. The third-order valence-corrected chi connectivity index (χ3v) is 12.7. The quantitative estimate of drug-likeness (QED) is 0.294. The molecule has 0 aliphatic heterocycles. The van der Waals surface area contributed by atoms with E-state index in [1.807, 2.05) is 0 Å². The molecule has 7 atom stereocenters. The molecule has 3 nitrogen and oxygen atoms in total. The van der Waals surface area contributed by atoms with E-state index < -0.39 is 12.2 Å². The minimum Gasteiger partial charge on any atom is -0.393 e. The summed E-state index contributed by atoms with van der Waals surface area (Å²) in [7, 11) is 0. The number of hydrogen-bond acceptors (Lipinski definition) is 3. The summed E-state index contributed by atoms with van der Waals surface area (Å²) in [4.78, 5) is 0. The zero-order chi connectivity index (χ0) is 27.4. The highest BCUT2D eigenvalue weighted by atomic mass is 16.3. The second kappa shape index (κ2) is 10.9. The van der Waals surface area contributed by atoms with Gasteiger partial charge in [0.05, 0.1) is 18.3 Å². The maximum atomic E-state index is 11.1. The maximum absolute atomic E-state index is 11.1. The van der Waals surface area contributed by atoms with Crippen LogP contribution in [0, 0.1) is 46.3 Å². The van der Waals surface area contributed by atoms with Crippen molar-refractivity contribution in [3.05, 3.63) is 47.6 Å². The number of aliphatic hydroxyl groups excluding tert-OH is 3. The Kier molecular flexibility index (Phi) is 7.83. The lowest BCUT2D eigenvalue weighted by atomic mass is 9.48. The van der Waals surface area contributed by atoms with Gasteiger partial charge in [0.2, 0.25) is 0 Å². The molecule has 3 N–H and O–H groups in total. The first-order valence-electron chi connectivity index (χ1n) is 16.4. The first-order valence-corrected chi connectivity index (χ1v) is 16.4. The lowest BCUT2D eigenvalue weighted by molar-refractivity contribution is -0.0753. The minimum atomic E-state index is -0.621. The van der Waals surface area contributed by atoms with Crippen molar-refractivity contribution in [2.75, 3.05) is 0 Å². The maximum Gasteiger partial charge on any atom is 0.0809 e. The van der Waals surface area contributed by atoms with Crippen molar-refractivity contribution in [2.45, 2.75) is 128 Å². The predicted octanol–water partition coefficient (Wildman–Crippen LogP) is 7.68. The highest BCUT2D eigenvalue weighted by Crippen LogP contribution is 2.62. The third kappa shape index (κ3) is 5.54. The molecule has 0 unspecified atom stereocenters. The zero-order valence-electron chi connectivity index (χ0n) is 24.7. The Bertz CT molecular complexity index is 967. The van der Waals surface area contributed by atoms with Crippen molar-refractivity contribution in [2.24, 2.45) is 46.3 Å². The molecular weight excluding hydrogens is 480 g/mol. The van der Waals surface area contributed by atoms with E-state index in [2.05, 4.69) is 44.7 Å². The summed E-state index contributed by atoms with van der Waals surface area (Å²) in [5.74, 6) is 4.75. The van der Waals surface area contributed by atoms with Crippen LogP contribution in [0.25, 0.3) is 0 Å². The van der Waals surface area contributed by atoms with Gasteiger partial charge in [-0.3, -0.25) is 0 Å². The molecule has 0 amide bonds. The van der Waals surface area contributed by atoms with Crippen molar-refractivity contribution in [1.29, 1.82) is 0 Å². The Hall–Kier alpha value is -1.16. The molecule has 0 saturated heterocycles. The summed E-state index contributed by atoms with van der Waals surface area (Å²) in [6.07, 6.45) is 25.8. The van der Waals surface area contributed by atoms with Crippen molar-refractivity contribution in [3.8, 4) is 0 Å². The Morgan fingerprint density at radius 3 is 2.26 bits per heavy atom. The van der Waals surface area contributed by atoms with Gasteiger partial charge in [-0.2, -0.15) is 0 Å².